The molecule has 4 heteroatoms. The maximum atomic E-state index is 13.0. The third-order valence-electron chi connectivity index (χ3n) is 1.90. The Morgan fingerprint density at radius 1 is 1.57 bits per heavy atom. The Kier molecular flexibility index (Phi) is 2.45. The second kappa shape index (κ2) is 3.75. The molecule has 14 heavy (non-hydrogen) atoms. The quantitative estimate of drug-likeness (QED) is 0.541. The molecule has 0 bridgehead atoms. The summed E-state index contributed by atoms with van der Waals surface area (Å²) in [4.78, 5) is 11.3. The van der Waals surface area contributed by atoms with Crippen molar-refractivity contribution in [2.24, 2.45) is 0 Å². The summed E-state index contributed by atoms with van der Waals surface area (Å²) in [5, 5.41) is 0. The maximum Gasteiger partial charge on any atom is 0.341 e. The summed E-state index contributed by atoms with van der Waals surface area (Å²) < 4.78 is 22.7. The largest absolute Gasteiger partial charge is 0.459 e. The van der Waals surface area contributed by atoms with E-state index in [1.807, 2.05) is 0 Å². The lowest BCUT2D eigenvalue weighted by molar-refractivity contribution is 0.0471. The van der Waals surface area contributed by atoms with Gasteiger partial charge in [-0.05, 0) is 12.1 Å². The van der Waals surface area contributed by atoms with Crippen LogP contribution >= 0.6 is 0 Å². The van der Waals surface area contributed by atoms with Gasteiger partial charge in [0.25, 0.3) is 0 Å². The Hall–Kier alpha value is -1.42. The molecule has 0 unspecified atom stereocenters. The Labute approximate surface area is 80.4 Å². The molecule has 0 aliphatic carbocycles. The van der Waals surface area contributed by atoms with Gasteiger partial charge in [0.2, 0.25) is 0 Å². The molecule has 0 amide bonds. The van der Waals surface area contributed by atoms with Crippen molar-refractivity contribution in [2.45, 2.75) is 6.10 Å². The molecular formula is C10H9FO3. The van der Waals surface area contributed by atoms with E-state index < -0.39 is 11.8 Å². The van der Waals surface area contributed by atoms with Crippen molar-refractivity contribution in [3.63, 3.8) is 0 Å². The van der Waals surface area contributed by atoms with Gasteiger partial charge in [-0.1, -0.05) is 12.1 Å². The zero-order chi connectivity index (χ0) is 9.97. The van der Waals surface area contributed by atoms with Crippen LogP contribution < -0.4 is 0 Å². The Morgan fingerprint density at radius 2 is 2.29 bits per heavy atom. The summed E-state index contributed by atoms with van der Waals surface area (Å²) in [7, 11) is 0. The first-order valence-electron chi connectivity index (χ1n) is 4.30. The Bertz CT molecular complexity index is 347. The molecule has 1 fully saturated rings. The highest BCUT2D eigenvalue weighted by atomic mass is 19.1. The van der Waals surface area contributed by atoms with Crippen molar-refractivity contribution >= 4 is 5.97 Å². The molecule has 1 aliphatic rings. The van der Waals surface area contributed by atoms with Crippen LogP contribution in [0.4, 0.5) is 4.39 Å². The van der Waals surface area contributed by atoms with Gasteiger partial charge in [-0.2, -0.15) is 0 Å². The zero-order valence-corrected chi connectivity index (χ0v) is 7.40. The number of esters is 1. The summed E-state index contributed by atoms with van der Waals surface area (Å²) in [6.45, 7) is 0.817. The predicted molar refractivity (Wildman–Crippen MR) is 46.4 cm³/mol. The number of rotatable bonds is 3. The SMILES string of the molecule is O=C(OC[C@@H]1CO1)c1ccccc1F. The molecule has 0 N–H and O–H groups in total. The molecule has 0 spiro atoms. The van der Waals surface area contributed by atoms with E-state index in [-0.39, 0.29) is 18.3 Å². The van der Waals surface area contributed by atoms with E-state index in [0.717, 1.165) is 0 Å². The summed E-state index contributed by atoms with van der Waals surface area (Å²) in [5.41, 5.74) is -0.0341. The molecule has 1 aliphatic heterocycles. The van der Waals surface area contributed by atoms with Gasteiger partial charge >= 0.3 is 5.97 Å². The fraction of sp³-hybridized carbons (Fsp3) is 0.300. The highest BCUT2D eigenvalue weighted by Crippen LogP contribution is 2.12. The van der Waals surface area contributed by atoms with Crippen LogP contribution in [0.3, 0.4) is 0 Å². The molecule has 1 heterocycles. The van der Waals surface area contributed by atoms with E-state index in [0.29, 0.717) is 6.61 Å². The number of carbonyl (C=O) groups excluding carboxylic acids is 1. The average molecular weight is 196 g/mol. The number of epoxide rings is 1. The third-order valence-corrected chi connectivity index (χ3v) is 1.90. The van der Waals surface area contributed by atoms with Gasteiger partial charge in [-0.3, -0.25) is 0 Å². The first-order chi connectivity index (χ1) is 6.77. The van der Waals surface area contributed by atoms with Gasteiger partial charge < -0.3 is 9.47 Å². The molecule has 74 valence electrons. The van der Waals surface area contributed by atoms with Gasteiger partial charge in [0.1, 0.15) is 18.5 Å². The van der Waals surface area contributed by atoms with Gasteiger partial charge in [-0.25, -0.2) is 9.18 Å². The fourth-order valence-electron chi connectivity index (χ4n) is 1.04. The van der Waals surface area contributed by atoms with Crippen molar-refractivity contribution in [2.75, 3.05) is 13.2 Å². The van der Waals surface area contributed by atoms with Crippen LogP contribution in [0.5, 0.6) is 0 Å². The first-order valence-corrected chi connectivity index (χ1v) is 4.30. The van der Waals surface area contributed by atoms with E-state index in [4.69, 9.17) is 9.47 Å². The molecule has 2 rings (SSSR count). The zero-order valence-electron chi connectivity index (χ0n) is 7.40. The van der Waals surface area contributed by atoms with Gasteiger partial charge in [0.05, 0.1) is 12.2 Å². The lowest BCUT2D eigenvalue weighted by Gasteiger charge is -2.02. The minimum Gasteiger partial charge on any atom is -0.459 e. The summed E-state index contributed by atoms with van der Waals surface area (Å²) >= 11 is 0. The number of benzene rings is 1. The molecule has 0 saturated carbocycles. The van der Waals surface area contributed by atoms with Crippen molar-refractivity contribution < 1.29 is 18.7 Å². The monoisotopic (exact) mass is 196 g/mol. The smallest absolute Gasteiger partial charge is 0.341 e. The van der Waals surface area contributed by atoms with Crippen LogP contribution in [0.2, 0.25) is 0 Å². The van der Waals surface area contributed by atoms with Crippen LogP contribution in [0.15, 0.2) is 24.3 Å². The molecule has 1 atom stereocenters. The van der Waals surface area contributed by atoms with Crippen LogP contribution in [0.25, 0.3) is 0 Å². The number of ether oxygens (including phenoxy) is 2. The molecule has 1 saturated heterocycles. The van der Waals surface area contributed by atoms with Crippen molar-refractivity contribution in [1.82, 2.24) is 0 Å². The molecule has 3 nitrogen and oxygen atoms in total. The number of hydrogen-bond donors (Lipinski definition) is 0. The van der Waals surface area contributed by atoms with Gasteiger partial charge in [0.15, 0.2) is 0 Å². The van der Waals surface area contributed by atoms with E-state index in [1.165, 1.54) is 18.2 Å². The predicted octanol–water partition coefficient (Wildman–Crippen LogP) is 1.38. The Balaban J connectivity index is 1.98. The van der Waals surface area contributed by atoms with E-state index in [2.05, 4.69) is 0 Å². The third kappa shape index (κ3) is 2.09. The number of hydrogen-bond acceptors (Lipinski definition) is 3. The summed E-state index contributed by atoms with van der Waals surface area (Å²) in [6, 6.07) is 5.74. The lowest BCUT2D eigenvalue weighted by atomic mass is 10.2. The van der Waals surface area contributed by atoms with Crippen LogP contribution in [-0.4, -0.2) is 25.3 Å². The first kappa shape index (κ1) is 9.15. The molecule has 0 aromatic heterocycles. The fourth-order valence-corrected chi connectivity index (χ4v) is 1.04. The van der Waals surface area contributed by atoms with E-state index in [1.54, 1.807) is 6.07 Å². The van der Waals surface area contributed by atoms with E-state index in [9.17, 15) is 9.18 Å². The minimum absolute atomic E-state index is 0.00530. The maximum absolute atomic E-state index is 13.0. The molecule has 1 aromatic carbocycles. The topological polar surface area (TPSA) is 38.8 Å². The second-order valence-corrected chi connectivity index (χ2v) is 3.03. The van der Waals surface area contributed by atoms with Gasteiger partial charge in [0, 0.05) is 0 Å². The lowest BCUT2D eigenvalue weighted by Crippen LogP contribution is -2.11. The standard InChI is InChI=1S/C10H9FO3/c11-9-4-2-1-3-8(9)10(12)14-6-7-5-13-7/h1-4,7H,5-6H2/t7-/m0/s1. The van der Waals surface area contributed by atoms with Crippen LogP contribution in [0, 0.1) is 5.82 Å². The van der Waals surface area contributed by atoms with Crippen LogP contribution in [-0.2, 0) is 9.47 Å². The minimum atomic E-state index is -0.640. The molecular weight excluding hydrogens is 187 g/mol. The molecule has 0 radical (unpaired) electrons. The van der Waals surface area contributed by atoms with Crippen molar-refractivity contribution in [3.8, 4) is 0 Å². The van der Waals surface area contributed by atoms with Gasteiger partial charge in [-0.15, -0.1) is 0 Å². The van der Waals surface area contributed by atoms with Crippen molar-refractivity contribution in [3.05, 3.63) is 35.6 Å². The van der Waals surface area contributed by atoms with E-state index >= 15 is 0 Å². The number of carbonyl (C=O) groups is 1. The highest BCUT2D eigenvalue weighted by Gasteiger charge is 2.25. The number of halogens is 1. The second-order valence-electron chi connectivity index (χ2n) is 3.03. The summed E-state index contributed by atoms with van der Waals surface area (Å²) in [6.07, 6.45) is 0.00530. The van der Waals surface area contributed by atoms with Crippen LogP contribution in [0.1, 0.15) is 10.4 Å². The Morgan fingerprint density at radius 3 is 2.93 bits per heavy atom. The molecule has 1 aromatic rings. The highest BCUT2D eigenvalue weighted by molar-refractivity contribution is 5.89. The average Bonchev–Trinajstić information content (AvgIpc) is 2.98. The normalized spacial score (nSPS) is 19.1. The summed E-state index contributed by atoms with van der Waals surface area (Å²) in [5.74, 6) is -1.20. The van der Waals surface area contributed by atoms with Crippen molar-refractivity contribution in [1.29, 1.82) is 0 Å².